The van der Waals surface area contributed by atoms with Crippen molar-refractivity contribution in [3.63, 3.8) is 0 Å². The first kappa shape index (κ1) is 33.2. The lowest BCUT2D eigenvalue weighted by molar-refractivity contribution is -0.140. The summed E-state index contributed by atoms with van der Waals surface area (Å²) in [6.45, 7) is 8.45. The maximum absolute atomic E-state index is 14.0. The molecule has 0 heterocycles. The number of rotatable bonds is 11. The number of ether oxygens (including phenoxy) is 1. The minimum atomic E-state index is -4.32. The Labute approximate surface area is 256 Å². The molecule has 3 rings (SSSR count). The van der Waals surface area contributed by atoms with E-state index in [0.717, 1.165) is 16.4 Å². The molecule has 1 atom stereocenters. The van der Waals surface area contributed by atoms with Crippen LogP contribution in [0.2, 0.25) is 10.0 Å². The van der Waals surface area contributed by atoms with Gasteiger partial charge in [-0.05, 0) is 101 Å². The Morgan fingerprint density at radius 2 is 1.60 bits per heavy atom. The minimum absolute atomic E-state index is 0.0607. The number of nitrogens with zero attached hydrogens (tertiary/aromatic N) is 2. The number of anilines is 1. The molecule has 12 heteroatoms. The first-order chi connectivity index (χ1) is 19.6. The van der Waals surface area contributed by atoms with Gasteiger partial charge in [0.2, 0.25) is 11.8 Å². The number of carbonyl (C=O) groups excluding carboxylic acids is 2. The molecule has 1 unspecified atom stereocenters. The fraction of sp³-hybridized carbons (Fsp3) is 0.333. The molecule has 2 amide bonds. The highest BCUT2D eigenvalue weighted by Crippen LogP contribution is 2.27. The summed E-state index contributed by atoms with van der Waals surface area (Å²) in [5.41, 5.74) is 0.0663. The van der Waals surface area contributed by atoms with E-state index >= 15 is 0 Å². The average molecular weight is 639 g/mol. The van der Waals surface area contributed by atoms with Crippen LogP contribution in [0.3, 0.4) is 0 Å². The van der Waals surface area contributed by atoms with Crippen LogP contribution in [0.25, 0.3) is 0 Å². The van der Waals surface area contributed by atoms with Crippen molar-refractivity contribution in [3.8, 4) is 5.75 Å². The molecular weight excluding hydrogens is 604 g/mol. The summed E-state index contributed by atoms with van der Waals surface area (Å²) in [5, 5.41) is 3.44. The minimum Gasteiger partial charge on any atom is -0.494 e. The van der Waals surface area contributed by atoms with Gasteiger partial charge in [-0.1, -0.05) is 29.3 Å². The molecule has 0 saturated heterocycles. The monoisotopic (exact) mass is 637 g/mol. The largest absolute Gasteiger partial charge is 0.494 e. The summed E-state index contributed by atoms with van der Waals surface area (Å²) >= 11 is 12.3. The highest BCUT2D eigenvalue weighted by atomic mass is 35.5. The van der Waals surface area contributed by atoms with Gasteiger partial charge in [-0.2, -0.15) is 0 Å². The summed E-state index contributed by atoms with van der Waals surface area (Å²) in [6.07, 6.45) is 0. The van der Waals surface area contributed by atoms with Crippen molar-refractivity contribution in [1.82, 2.24) is 10.2 Å². The second-order valence-electron chi connectivity index (χ2n) is 10.6. The molecule has 3 aromatic carbocycles. The standard InChI is InChI=1S/C30H34Cl2FN3O5S/c1-6-41-24-12-14-25(15-13-24)42(39,40)36(23-10-8-22(33)9-11-23)19-28(37)35(20(2)29(38)34-30(3,4)5)18-21-7-16-26(31)27(32)17-21/h7-17,20H,6,18-19H2,1-5H3,(H,34,38). The maximum Gasteiger partial charge on any atom is 0.264 e. The van der Waals surface area contributed by atoms with Crippen LogP contribution in [-0.2, 0) is 26.2 Å². The van der Waals surface area contributed by atoms with Crippen LogP contribution < -0.4 is 14.4 Å². The number of nitrogens with one attached hydrogen (secondary N) is 1. The Morgan fingerprint density at radius 3 is 2.14 bits per heavy atom. The van der Waals surface area contributed by atoms with E-state index in [4.69, 9.17) is 27.9 Å². The molecular formula is C30H34Cl2FN3O5S. The van der Waals surface area contributed by atoms with Crippen molar-refractivity contribution in [2.45, 2.75) is 57.6 Å². The Hall–Kier alpha value is -3.34. The molecule has 226 valence electrons. The van der Waals surface area contributed by atoms with Crippen molar-refractivity contribution in [3.05, 3.63) is 88.2 Å². The summed E-state index contributed by atoms with van der Waals surface area (Å²) in [5.74, 6) is -1.19. The van der Waals surface area contributed by atoms with Crippen LogP contribution in [0, 0.1) is 5.82 Å². The van der Waals surface area contributed by atoms with Gasteiger partial charge in [0.25, 0.3) is 10.0 Å². The van der Waals surface area contributed by atoms with Gasteiger partial charge < -0.3 is 15.0 Å². The van der Waals surface area contributed by atoms with Gasteiger partial charge in [0.05, 0.1) is 27.2 Å². The summed E-state index contributed by atoms with van der Waals surface area (Å²) in [4.78, 5) is 28.3. The van der Waals surface area contributed by atoms with Crippen LogP contribution in [0.15, 0.2) is 71.6 Å². The van der Waals surface area contributed by atoms with E-state index in [-0.39, 0.29) is 22.2 Å². The topological polar surface area (TPSA) is 96.0 Å². The predicted octanol–water partition coefficient (Wildman–Crippen LogP) is 6.06. The van der Waals surface area contributed by atoms with Crippen molar-refractivity contribution in [1.29, 1.82) is 0 Å². The molecule has 0 aliphatic rings. The van der Waals surface area contributed by atoms with E-state index < -0.39 is 45.8 Å². The molecule has 0 aliphatic carbocycles. The summed E-state index contributed by atoms with van der Waals surface area (Å²) in [7, 11) is -4.32. The molecule has 0 fully saturated rings. The lowest BCUT2D eigenvalue weighted by Gasteiger charge is -2.33. The van der Waals surface area contributed by atoms with Crippen LogP contribution in [0.4, 0.5) is 10.1 Å². The number of hydrogen-bond acceptors (Lipinski definition) is 5. The number of benzene rings is 3. The summed E-state index contributed by atoms with van der Waals surface area (Å²) in [6, 6.07) is 14.3. The molecule has 0 aliphatic heterocycles. The van der Waals surface area contributed by atoms with Gasteiger partial charge in [0.15, 0.2) is 0 Å². The van der Waals surface area contributed by atoms with Crippen molar-refractivity contribution in [2.75, 3.05) is 17.5 Å². The molecule has 0 aromatic heterocycles. The lowest BCUT2D eigenvalue weighted by atomic mass is 10.1. The average Bonchev–Trinajstić information content (AvgIpc) is 2.92. The molecule has 0 spiro atoms. The number of amides is 2. The molecule has 8 nitrogen and oxygen atoms in total. The van der Waals surface area contributed by atoms with Crippen molar-refractivity contribution >= 4 is 50.7 Å². The van der Waals surface area contributed by atoms with Gasteiger partial charge in [-0.25, -0.2) is 12.8 Å². The number of hydrogen-bond donors (Lipinski definition) is 1. The second-order valence-corrected chi connectivity index (χ2v) is 13.3. The third kappa shape index (κ3) is 8.59. The highest BCUT2D eigenvalue weighted by Gasteiger charge is 2.33. The zero-order chi connectivity index (χ0) is 31.2. The van der Waals surface area contributed by atoms with E-state index in [1.54, 1.807) is 32.0 Å². The fourth-order valence-corrected chi connectivity index (χ4v) is 5.76. The van der Waals surface area contributed by atoms with Crippen molar-refractivity contribution < 1.29 is 27.1 Å². The van der Waals surface area contributed by atoms with Crippen LogP contribution in [-0.4, -0.2) is 49.9 Å². The quantitative estimate of drug-likeness (QED) is 0.276. The molecule has 3 aromatic rings. The van der Waals surface area contributed by atoms with Gasteiger partial charge in [-0.3, -0.25) is 13.9 Å². The van der Waals surface area contributed by atoms with Crippen LogP contribution >= 0.6 is 23.2 Å². The molecule has 0 radical (unpaired) electrons. The van der Waals surface area contributed by atoms with Gasteiger partial charge in [-0.15, -0.1) is 0 Å². The van der Waals surface area contributed by atoms with E-state index in [1.807, 2.05) is 20.8 Å². The van der Waals surface area contributed by atoms with E-state index in [9.17, 15) is 22.4 Å². The molecule has 0 saturated carbocycles. The van der Waals surface area contributed by atoms with E-state index in [1.165, 1.54) is 41.3 Å². The summed E-state index contributed by atoms with van der Waals surface area (Å²) < 4.78 is 47.9. The Morgan fingerprint density at radius 1 is 0.976 bits per heavy atom. The smallest absolute Gasteiger partial charge is 0.264 e. The Kier molecular flexibility index (Phi) is 10.9. The van der Waals surface area contributed by atoms with E-state index in [2.05, 4.69) is 5.32 Å². The number of carbonyl (C=O) groups is 2. The fourth-order valence-electron chi connectivity index (χ4n) is 4.03. The normalized spacial score (nSPS) is 12.4. The van der Waals surface area contributed by atoms with Gasteiger partial charge >= 0.3 is 0 Å². The molecule has 42 heavy (non-hydrogen) atoms. The Bertz CT molecular complexity index is 1510. The van der Waals surface area contributed by atoms with Crippen LogP contribution in [0.1, 0.15) is 40.2 Å². The highest BCUT2D eigenvalue weighted by molar-refractivity contribution is 7.92. The lowest BCUT2D eigenvalue weighted by Crippen LogP contribution is -2.54. The van der Waals surface area contributed by atoms with Gasteiger partial charge in [0.1, 0.15) is 24.2 Å². The number of halogens is 3. The second kappa shape index (κ2) is 13.8. The molecule has 1 N–H and O–H groups in total. The van der Waals surface area contributed by atoms with Crippen LogP contribution in [0.5, 0.6) is 5.75 Å². The SMILES string of the molecule is CCOc1ccc(S(=O)(=O)N(CC(=O)N(Cc2ccc(Cl)c(Cl)c2)C(C)C(=O)NC(C)(C)C)c2ccc(F)cc2)cc1. The third-order valence-corrected chi connectivity index (χ3v) is 8.65. The zero-order valence-corrected chi connectivity index (χ0v) is 26.4. The first-order valence-electron chi connectivity index (χ1n) is 13.2. The zero-order valence-electron chi connectivity index (χ0n) is 24.0. The first-order valence-corrected chi connectivity index (χ1v) is 15.4. The number of sulfonamides is 1. The third-order valence-electron chi connectivity index (χ3n) is 6.12. The predicted molar refractivity (Wildman–Crippen MR) is 163 cm³/mol. The Balaban J connectivity index is 2.04. The molecule has 0 bridgehead atoms. The van der Waals surface area contributed by atoms with E-state index in [0.29, 0.717) is 22.9 Å². The van der Waals surface area contributed by atoms with Crippen molar-refractivity contribution in [2.24, 2.45) is 0 Å². The maximum atomic E-state index is 14.0. The van der Waals surface area contributed by atoms with Gasteiger partial charge in [0, 0.05) is 12.1 Å².